The van der Waals surface area contributed by atoms with Crippen molar-refractivity contribution in [2.24, 2.45) is 0 Å². The van der Waals surface area contributed by atoms with Crippen LogP contribution in [0.15, 0.2) is 24.3 Å². The van der Waals surface area contributed by atoms with Crippen LogP contribution >= 0.6 is 0 Å². The molecule has 2 amide bonds. The lowest BCUT2D eigenvalue weighted by Crippen LogP contribution is -2.40. The average Bonchev–Trinajstić information content (AvgIpc) is 2.94. The number of anilines is 1. The number of carbonyl (C=O) groups is 2. The summed E-state index contributed by atoms with van der Waals surface area (Å²) >= 11 is 0. The second-order valence-corrected chi connectivity index (χ2v) is 6.89. The van der Waals surface area contributed by atoms with Gasteiger partial charge in [-0.25, -0.2) is 0 Å². The molecule has 4 atom stereocenters. The monoisotopic (exact) mass is 395 g/mol. The number of carbonyl (C=O) groups excluding carboxylic acids is 2. The van der Waals surface area contributed by atoms with Crippen molar-refractivity contribution in [3.05, 3.63) is 29.8 Å². The molecular weight excluding hydrogens is 366 g/mol. The van der Waals surface area contributed by atoms with Crippen LogP contribution in [0.1, 0.15) is 16.8 Å². The predicted octanol–water partition coefficient (Wildman–Crippen LogP) is -0.876. The summed E-state index contributed by atoms with van der Waals surface area (Å²) in [5, 5.41) is 25.6. The molecule has 0 saturated carbocycles. The molecule has 0 bridgehead atoms. The molecule has 1 aliphatic heterocycles. The number of aliphatic hydroxyl groups excluding tert-OH is 2. The molecule has 1 aromatic rings. The highest BCUT2D eigenvalue weighted by Crippen LogP contribution is 2.23. The SMILES string of the molecule is COCCNC(=O)C[C@@H]1O[C@H](CNC(=O)c2ccc(N(C)C)cc2)[C@@H](O)[C@H]1O. The van der Waals surface area contributed by atoms with Gasteiger partial charge in [-0.2, -0.15) is 0 Å². The Hall–Kier alpha value is -2.20. The highest BCUT2D eigenvalue weighted by Gasteiger charge is 2.43. The molecule has 4 N–H and O–H groups in total. The van der Waals surface area contributed by atoms with Crippen LogP contribution in [0, 0.1) is 0 Å². The van der Waals surface area contributed by atoms with E-state index in [1.54, 1.807) is 12.1 Å². The topological polar surface area (TPSA) is 120 Å². The Bertz CT molecular complexity index is 652. The van der Waals surface area contributed by atoms with E-state index >= 15 is 0 Å². The van der Waals surface area contributed by atoms with Gasteiger partial charge in [0.15, 0.2) is 0 Å². The number of hydrogen-bond donors (Lipinski definition) is 4. The number of aliphatic hydroxyl groups is 2. The van der Waals surface area contributed by atoms with Crippen molar-refractivity contribution in [1.29, 1.82) is 0 Å². The van der Waals surface area contributed by atoms with E-state index in [1.807, 2.05) is 31.1 Å². The van der Waals surface area contributed by atoms with Crippen LogP contribution in [0.5, 0.6) is 0 Å². The first kappa shape index (κ1) is 22.1. The van der Waals surface area contributed by atoms with Crippen LogP contribution in [0.4, 0.5) is 5.69 Å². The fourth-order valence-corrected chi connectivity index (χ4v) is 2.92. The quantitative estimate of drug-likeness (QED) is 0.401. The first-order valence-corrected chi connectivity index (χ1v) is 9.16. The Morgan fingerprint density at radius 3 is 2.36 bits per heavy atom. The van der Waals surface area contributed by atoms with E-state index < -0.39 is 24.4 Å². The van der Waals surface area contributed by atoms with Gasteiger partial charge in [0, 0.05) is 45.5 Å². The lowest BCUT2D eigenvalue weighted by Gasteiger charge is -2.16. The molecule has 9 heteroatoms. The van der Waals surface area contributed by atoms with Gasteiger partial charge in [-0.3, -0.25) is 9.59 Å². The van der Waals surface area contributed by atoms with E-state index in [2.05, 4.69) is 10.6 Å². The van der Waals surface area contributed by atoms with Gasteiger partial charge in [-0.15, -0.1) is 0 Å². The maximum absolute atomic E-state index is 12.3. The maximum atomic E-state index is 12.3. The number of amides is 2. The van der Waals surface area contributed by atoms with E-state index in [4.69, 9.17) is 9.47 Å². The third-order valence-electron chi connectivity index (χ3n) is 4.59. The summed E-state index contributed by atoms with van der Waals surface area (Å²) in [6, 6.07) is 7.08. The zero-order valence-electron chi connectivity index (χ0n) is 16.4. The van der Waals surface area contributed by atoms with Crippen molar-refractivity contribution in [1.82, 2.24) is 10.6 Å². The van der Waals surface area contributed by atoms with Crippen LogP contribution in [0.2, 0.25) is 0 Å². The molecule has 1 aliphatic rings. The van der Waals surface area contributed by atoms with Gasteiger partial charge in [-0.05, 0) is 24.3 Å². The summed E-state index contributed by atoms with van der Waals surface area (Å²) in [5.41, 5.74) is 1.45. The van der Waals surface area contributed by atoms with Crippen molar-refractivity contribution in [3.63, 3.8) is 0 Å². The minimum Gasteiger partial charge on any atom is -0.388 e. The predicted molar refractivity (Wildman–Crippen MR) is 103 cm³/mol. The molecule has 0 aromatic heterocycles. The molecule has 1 saturated heterocycles. The zero-order chi connectivity index (χ0) is 20.7. The highest BCUT2D eigenvalue weighted by atomic mass is 16.5. The first-order valence-electron chi connectivity index (χ1n) is 9.16. The summed E-state index contributed by atoms with van der Waals surface area (Å²) < 4.78 is 10.4. The molecule has 1 aromatic carbocycles. The third-order valence-corrected chi connectivity index (χ3v) is 4.59. The Labute approximate surface area is 164 Å². The van der Waals surface area contributed by atoms with Gasteiger partial charge in [0.25, 0.3) is 5.91 Å². The summed E-state index contributed by atoms with van der Waals surface area (Å²) in [6.07, 6.45) is -4.10. The van der Waals surface area contributed by atoms with E-state index in [1.165, 1.54) is 7.11 Å². The smallest absolute Gasteiger partial charge is 0.251 e. The normalized spacial score (nSPS) is 24.0. The minimum absolute atomic E-state index is 0.0221. The molecule has 0 spiro atoms. The van der Waals surface area contributed by atoms with Crippen LogP contribution in [0.25, 0.3) is 0 Å². The molecule has 0 aliphatic carbocycles. The lowest BCUT2D eigenvalue weighted by atomic mass is 10.1. The Morgan fingerprint density at radius 2 is 1.75 bits per heavy atom. The second kappa shape index (κ2) is 10.4. The summed E-state index contributed by atoms with van der Waals surface area (Å²) in [5.74, 6) is -0.615. The molecular formula is C19H29N3O6. The number of nitrogens with one attached hydrogen (secondary N) is 2. The Balaban J connectivity index is 1.83. The van der Waals surface area contributed by atoms with Crippen molar-refractivity contribution in [2.45, 2.75) is 30.8 Å². The zero-order valence-corrected chi connectivity index (χ0v) is 16.4. The molecule has 156 valence electrons. The first-order chi connectivity index (χ1) is 13.3. The van der Waals surface area contributed by atoms with E-state index in [-0.39, 0.29) is 24.8 Å². The van der Waals surface area contributed by atoms with Crippen molar-refractivity contribution in [3.8, 4) is 0 Å². The molecule has 1 fully saturated rings. The summed E-state index contributed by atoms with van der Waals surface area (Å²) in [7, 11) is 5.35. The lowest BCUT2D eigenvalue weighted by molar-refractivity contribution is -0.125. The van der Waals surface area contributed by atoms with Crippen molar-refractivity contribution < 1.29 is 29.3 Å². The van der Waals surface area contributed by atoms with Crippen LogP contribution in [-0.4, -0.2) is 87.3 Å². The van der Waals surface area contributed by atoms with Gasteiger partial charge >= 0.3 is 0 Å². The number of benzene rings is 1. The highest BCUT2D eigenvalue weighted by molar-refractivity contribution is 5.94. The van der Waals surface area contributed by atoms with Gasteiger partial charge < -0.3 is 35.2 Å². The number of rotatable bonds is 9. The molecule has 0 radical (unpaired) electrons. The molecule has 9 nitrogen and oxygen atoms in total. The van der Waals surface area contributed by atoms with E-state index in [0.717, 1.165) is 5.69 Å². The molecule has 28 heavy (non-hydrogen) atoms. The van der Waals surface area contributed by atoms with Crippen molar-refractivity contribution >= 4 is 17.5 Å². The molecule has 2 rings (SSSR count). The summed E-state index contributed by atoms with van der Waals surface area (Å²) in [4.78, 5) is 26.1. The van der Waals surface area contributed by atoms with Gasteiger partial charge in [0.1, 0.15) is 18.3 Å². The number of ether oxygens (including phenoxy) is 2. The Morgan fingerprint density at radius 1 is 1.11 bits per heavy atom. The van der Waals surface area contributed by atoms with E-state index in [9.17, 15) is 19.8 Å². The van der Waals surface area contributed by atoms with Gasteiger partial charge in [0.05, 0.1) is 19.1 Å². The fourth-order valence-electron chi connectivity index (χ4n) is 2.92. The standard InChI is InChI=1S/C19H29N3O6/c1-22(2)13-6-4-12(5-7-13)19(26)21-11-15-18(25)17(24)14(28-15)10-16(23)20-8-9-27-3/h4-7,14-15,17-18,24-25H,8-11H2,1-3H3,(H,20,23)(H,21,26)/t14-,15+,17-,18+/m0/s1. The van der Waals surface area contributed by atoms with E-state index in [0.29, 0.717) is 18.7 Å². The average molecular weight is 395 g/mol. The third kappa shape index (κ3) is 5.90. The number of hydrogen-bond acceptors (Lipinski definition) is 7. The Kier molecular flexibility index (Phi) is 8.18. The number of methoxy groups -OCH3 is 1. The fraction of sp³-hybridized carbons (Fsp3) is 0.579. The van der Waals surface area contributed by atoms with Crippen LogP contribution in [-0.2, 0) is 14.3 Å². The molecule has 0 unspecified atom stereocenters. The second-order valence-electron chi connectivity index (χ2n) is 6.89. The minimum atomic E-state index is -1.20. The maximum Gasteiger partial charge on any atom is 0.251 e. The van der Waals surface area contributed by atoms with Gasteiger partial charge in [0.2, 0.25) is 5.91 Å². The largest absolute Gasteiger partial charge is 0.388 e. The summed E-state index contributed by atoms with van der Waals surface area (Å²) in [6.45, 7) is 0.758. The van der Waals surface area contributed by atoms with Crippen molar-refractivity contribution in [2.75, 3.05) is 45.8 Å². The van der Waals surface area contributed by atoms with Gasteiger partial charge in [-0.1, -0.05) is 0 Å². The van der Waals surface area contributed by atoms with Crippen LogP contribution in [0.3, 0.4) is 0 Å². The molecule has 1 heterocycles. The number of nitrogens with zero attached hydrogens (tertiary/aromatic N) is 1. The van der Waals surface area contributed by atoms with Crippen LogP contribution < -0.4 is 15.5 Å².